The molecule has 1 nitrogen and oxygen atoms in total. The Kier molecular flexibility index (Phi) is 4.23. The molecule has 0 aliphatic heterocycles. The number of hydrogen-bond donors (Lipinski definition) is 1. The van der Waals surface area contributed by atoms with Crippen LogP contribution >= 0.6 is 11.8 Å². The Labute approximate surface area is 105 Å². The van der Waals surface area contributed by atoms with Gasteiger partial charge in [0.15, 0.2) is 0 Å². The van der Waals surface area contributed by atoms with Gasteiger partial charge in [0.2, 0.25) is 0 Å². The summed E-state index contributed by atoms with van der Waals surface area (Å²) < 4.78 is 0. The zero-order chi connectivity index (χ0) is 11.6. The Morgan fingerprint density at radius 3 is 2.69 bits per heavy atom. The molecule has 1 N–H and O–H groups in total. The van der Waals surface area contributed by atoms with Gasteiger partial charge in [-0.05, 0) is 43.3 Å². The molecule has 2 rings (SSSR count). The lowest BCUT2D eigenvalue weighted by molar-refractivity contribution is 0.353. The number of rotatable bonds is 4. The standard InChI is InChI=1S/C14H27NS/c1-4-16-13-7-5-6-12(13)15-11-8-9-14(2,3)10-11/h11-13,15H,4-10H2,1-3H3. The van der Waals surface area contributed by atoms with E-state index in [1.807, 2.05) is 0 Å². The SMILES string of the molecule is CCSC1CCCC1NC1CCC(C)(C)C1. The number of nitrogens with one attached hydrogen (secondary N) is 1. The van der Waals surface area contributed by atoms with Gasteiger partial charge in [-0.15, -0.1) is 0 Å². The molecule has 2 saturated carbocycles. The van der Waals surface area contributed by atoms with E-state index in [2.05, 4.69) is 37.8 Å². The molecule has 2 aliphatic carbocycles. The van der Waals surface area contributed by atoms with Crippen LogP contribution in [0.4, 0.5) is 0 Å². The third kappa shape index (κ3) is 3.16. The minimum absolute atomic E-state index is 0.587. The van der Waals surface area contributed by atoms with Gasteiger partial charge in [0.05, 0.1) is 0 Å². The molecular weight excluding hydrogens is 214 g/mol. The monoisotopic (exact) mass is 241 g/mol. The molecule has 94 valence electrons. The van der Waals surface area contributed by atoms with Crippen LogP contribution in [-0.4, -0.2) is 23.1 Å². The van der Waals surface area contributed by atoms with Crippen molar-refractivity contribution in [3.63, 3.8) is 0 Å². The van der Waals surface area contributed by atoms with Crippen molar-refractivity contribution < 1.29 is 0 Å². The van der Waals surface area contributed by atoms with Crippen molar-refractivity contribution in [2.75, 3.05) is 5.75 Å². The van der Waals surface area contributed by atoms with E-state index in [-0.39, 0.29) is 0 Å². The Bertz CT molecular complexity index is 227. The molecule has 3 unspecified atom stereocenters. The fourth-order valence-corrected chi connectivity index (χ4v) is 4.62. The predicted molar refractivity (Wildman–Crippen MR) is 74.1 cm³/mol. The van der Waals surface area contributed by atoms with Crippen molar-refractivity contribution in [3.05, 3.63) is 0 Å². The van der Waals surface area contributed by atoms with Crippen LogP contribution in [0.2, 0.25) is 0 Å². The Morgan fingerprint density at radius 1 is 1.25 bits per heavy atom. The van der Waals surface area contributed by atoms with Gasteiger partial charge >= 0.3 is 0 Å². The fourth-order valence-electron chi connectivity index (χ4n) is 3.41. The molecule has 3 atom stereocenters. The maximum atomic E-state index is 3.95. The average molecular weight is 241 g/mol. The molecule has 0 saturated heterocycles. The van der Waals surface area contributed by atoms with E-state index >= 15 is 0 Å². The van der Waals surface area contributed by atoms with E-state index in [0.29, 0.717) is 5.41 Å². The molecular formula is C14H27NS. The van der Waals surface area contributed by atoms with Crippen LogP contribution < -0.4 is 5.32 Å². The molecule has 2 aliphatic rings. The zero-order valence-corrected chi connectivity index (χ0v) is 11.9. The van der Waals surface area contributed by atoms with Crippen LogP contribution in [0.5, 0.6) is 0 Å². The number of thioether (sulfide) groups is 1. The molecule has 0 amide bonds. The van der Waals surface area contributed by atoms with E-state index in [1.54, 1.807) is 0 Å². The van der Waals surface area contributed by atoms with E-state index in [1.165, 1.54) is 44.3 Å². The highest BCUT2D eigenvalue weighted by molar-refractivity contribution is 7.99. The minimum Gasteiger partial charge on any atom is -0.310 e. The molecule has 0 aromatic carbocycles. The Balaban J connectivity index is 1.81. The molecule has 0 bridgehead atoms. The Hall–Kier alpha value is 0.310. The van der Waals surface area contributed by atoms with Gasteiger partial charge in [0.1, 0.15) is 0 Å². The van der Waals surface area contributed by atoms with E-state index in [4.69, 9.17) is 0 Å². The normalized spacial score (nSPS) is 38.1. The van der Waals surface area contributed by atoms with Crippen LogP contribution in [0.15, 0.2) is 0 Å². The van der Waals surface area contributed by atoms with Gasteiger partial charge in [-0.2, -0.15) is 11.8 Å². The van der Waals surface area contributed by atoms with E-state index in [0.717, 1.165) is 17.3 Å². The average Bonchev–Trinajstić information content (AvgIpc) is 2.76. The second kappa shape index (κ2) is 5.30. The third-order valence-corrected chi connectivity index (χ3v) is 5.58. The van der Waals surface area contributed by atoms with Crippen LogP contribution in [0.3, 0.4) is 0 Å². The highest BCUT2D eigenvalue weighted by Gasteiger charge is 2.34. The molecule has 0 aromatic heterocycles. The van der Waals surface area contributed by atoms with E-state index in [9.17, 15) is 0 Å². The van der Waals surface area contributed by atoms with Crippen molar-refractivity contribution in [1.29, 1.82) is 0 Å². The summed E-state index contributed by atoms with van der Waals surface area (Å²) >= 11 is 2.17. The van der Waals surface area contributed by atoms with Crippen molar-refractivity contribution in [2.45, 2.75) is 76.6 Å². The lowest BCUT2D eigenvalue weighted by atomic mass is 9.92. The predicted octanol–water partition coefficient (Wildman–Crippen LogP) is 3.83. The second-order valence-corrected chi connectivity index (χ2v) is 7.82. The topological polar surface area (TPSA) is 12.0 Å². The lowest BCUT2D eigenvalue weighted by Gasteiger charge is -2.25. The van der Waals surface area contributed by atoms with Gasteiger partial charge < -0.3 is 5.32 Å². The van der Waals surface area contributed by atoms with Crippen molar-refractivity contribution in [1.82, 2.24) is 5.32 Å². The summed E-state index contributed by atoms with van der Waals surface area (Å²) in [5.41, 5.74) is 0.587. The summed E-state index contributed by atoms with van der Waals surface area (Å²) in [5, 5.41) is 4.84. The van der Waals surface area contributed by atoms with Gasteiger partial charge in [0, 0.05) is 17.3 Å². The van der Waals surface area contributed by atoms with Crippen molar-refractivity contribution in [2.24, 2.45) is 5.41 Å². The van der Waals surface area contributed by atoms with Crippen molar-refractivity contribution >= 4 is 11.8 Å². The molecule has 16 heavy (non-hydrogen) atoms. The number of hydrogen-bond acceptors (Lipinski definition) is 2. The van der Waals surface area contributed by atoms with Crippen LogP contribution in [0, 0.1) is 5.41 Å². The van der Waals surface area contributed by atoms with Crippen LogP contribution in [0.1, 0.15) is 59.3 Å². The first-order valence-corrected chi connectivity index (χ1v) is 8.03. The highest BCUT2D eigenvalue weighted by atomic mass is 32.2. The van der Waals surface area contributed by atoms with Crippen molar-refractivity contribution in [3.8, 4) is 0 Å². The molecule has 0 heterocycles. The summed E-state index contributed by atoms with van der Waals surface area (Å²) in [4.78, 5) is 0. The molecule has 0 spiro atoms. The first-order chi connectivity index (χ1) is 7.61. The minimum atomic E-state index is 0.587. The first kappa shape index (κ1) is 12.8. The second-order valence-electron chi connectivity index (χ2n) is 6.30. The van der Waals surface area contributed by atoms with Gasteiger partial charge in [-0.1, -0.05) is 27.2 Å². The summed E-state index contributed by atoms with van der Waals surface area (Å²) in [6, 6.07) is 1.61. The van der Waals surface area contributed by atoms with Gasteiger partial charge in [-0.25, -0.2) is 0 Å². The molecule has 0 radical (unpaired) electrons. The summed E-state index contributed by atoms with van der Waals surface area (Å²) in [6.07, 6.45) is 8.47. The first-order valence-electron chi connectivity index (χ1n) is 6.98. The quantitative estimate of drug-likeness (QED) is 0.803. The molecule has 0 aromatic rings. The zero-order valence-electron chi connectivity index (χ0n) is 11.1. The molecule has 2 heteroatoms. The Morgan fingerprint density at radius 2 is 2.06 bits per heavy atom. The summed E-state index contributed by atoms with van der Waals surface area (Å²) in [5.74, 6) is 1.28. The van der Waals surface area contributed by atoms with Crippen LogP contribution in [0.25, 0.3) is 0 Å². The van der Waals surface area contributed by atoms with E-state index < -0.39 is 0 Å². The largest absolute Gasteiger partial charge is 0.310 e. The lowest BCUT2D eigenvalue weighted by Crippen LogP contribution is -2.40. The van der Waals surface area contributed by atoms with Crippen LogP contribution in [-0.2, 0) is 0 Å². The molecule has 2 fully saturated rings. The highest BCUT2D eigenvalue weighted by Crippen LogP contribution is 2.38. The fraction of sp³-hybridized carbons (Fsp3) is 1.00. The maximum Gasteiger partial charge on any atom is 0.0201 e. The smallest absolute Gasteiger partial charge is 0.0201 e. The maximum absolute atomic E-state index is 3.95. The van der Waals surface area contributed by atoms with Gasteiger partial charge in [0.25, 0.3) is 0 Å². The summed E-state index contributed by atoms with van der Waals surface area (Å²) in [6.45, 7) is 7.13. The summed E-state index contributed by atoms with van der Waals surface area (Å²) in [7, 11) is 0. The third-order valence-electron chi connectivity index (χ3n) is 4.25. The van der Waals surface area contributed by atoms with Gasteiger partial charge in [-0.3, -0.25) is 0 Å².